The highest BCUT2D eigenvalue weighted by molar-refractivity contribution is 5.88. The van der Waals surface area contributed by atoms with Crippen LogP contribution in [0.5, 0.6) is 0 Å². The van der Waals surface area contributed by atoms with Gasteiger partial charge in [0, 0.05) is 44.4 Å². The highest BCUT2D eigenvalue weighted by Gasteiger charge is 2.37. The molecule has 2 N–H and O–H groups in total. The van der Waals surface area contributed by atoms with Crippen molar-refractivity contribution >= 4 is 28.7 Å². The first-order valence-electron chi connectivity index (χ1n) is 11.4. The largest absolute Gasteiger partial charge is 0.464 e. The van der Waals surface area contributed by atoms with Crippen molar-refractivity contribution in [1.82, 2.24) is 24.4 Å². The molecule has 0 bridgehead atoms. The van der Waals surface area contributed by atoms with Crippen LogP contribution in [-0.4, -0.2) is 61.6 Å². The van der Waals surface area contributed by atoms with E-state index in [1.807, 2.05) is 0 Å². The van der Waals surface area contributed by atoms with Crippen LogP contribution in [0.15, 0.2) is 29.5 Å². The molecule has 36 heavy (non-hydrogen) atoms. The molecule has 3 aromatic rings. The summed E-state index contributed by atoms with van der Waals surface area (Å²) < 4.78 is 20.9. The molecule has 12 heteroatoms. The fourth-order valence-electron chi connectivity index (χ4n) is 4.49. The average Bonchev–Trinajstić information content (AvgIpc) is 2.86. The summed E-state index contributed by atoms with van der Waals surface area (Å²) >= 11 is 0. The maximum absolute atomic E-state index is 15.0. The summed E-state index contributed by atoms with van der Waals surface area (Å²) in [7, 11) is 2.69. The molecule has 4 rings (SSSR count). The zero-order valence-corrected chi connectivity index (χ0v) is 20.4. The van der Waals surface area contributed by atoms with Crippen LogP contribution in [0.3, 0.4) is 0 Å². The Morgan fingerprint density at radius 2 is 1.94 bits per heavy atom. The quantitative estimate of drug-likeness (QED) is 0.503. The molecule has 1 atom stereocenters. The van der Waals surface area contributed by atoms with Crippen LogP contribution in [0.4, 0.5) is 10.2 Å². The Kier molecular flexibility index (Phi) is 6.72. The number of piperidine rings is 1. The van der Waals surface area contributed by atoms with Gasteiger partial charge < -0.3 is 20.1 Å². The van der Waals surface area contributed by atoms with Crippen molar-refractivity contribution in [2.45, 2.75) is 38.3 Å². The van der Waals surface area contributed by atoms with Crippen molar-refractivity contribution < 1.29 is 23.8 Å². The summed E-state index contributed by atoms with van der Waals surface area (Å²) in [6.07, 6.45) is 3.00. The van der Waals surface area contributed by atoms with E-state index in [2.05, 4.69) is 25.0 Å². The molecule has 0 saturated carbocycles. The zero-order valence-electron chi connectivity index (χ0n) is 20.4. The fourth-order valence-corrected chi connectivity index (χ4v) is 4.49. The second-order valence-corrected chi connectivity index (χ2v) is 8.84. The van der Waals surface area contributed by atoms with Crippen molar-refractivity contribution in [2.24, 2.45) is 7.05 Å². The van der Waals surface area contributed by atoms with E-state index in [0.717, 1.165) is 7.11 Å². The number of hydrogen-bond donors (Lipinski definition) is 2. The number of nitrogens with one attached hydrogen (secondary N) is 1. The van der Waals surface area contributed by atoms with Gasteiger partial charge in [0.2, 0.25) is 5.91 Å². The van der Waals surface area contributed by atoms with Gasteiger partial charge in [0.05, 0.1) is 24.1 Å². The van der Waals surface area contributed by atoms with Crippen molar-refractivity contribution in [3.8, 4) is 0 Å². The number of esters is 1. The Morgan fingerprint density at radius 3 is 2.58 bits per heavy atom. The molecule has 1 amide bonds. The van der Waals surface area contributed by atoms with Gasteiger partial charge in [-0.05, 0) is 31.9 Å². The number of carbonyl (C=O) groups excluding carboxylic acids is 2. The molecule has 0 radical (unpaired) electrons. The number of carbonyl (C=O) groups is 2. The average molecular weight is 499 g/mol. The van der Waals surface area contributed by atoms with Gasteiger partial charge in [0.1, 0.15) is 17.8 Å². The van der Waals surface area contributed by atoms with Crippen molar-refractivity contribution in [3.05, 3.63) is 57.6 Å². The van der Waals surface area contributed by atoms with Gasteiger partial charge in [0.25, 0.3) is 5.56 Å². The number of aromatic nitrogens is 4. The third-order valence-corrected chi connectivity index (χ3v) is 6.66. The predicted octanol–water partition coefficient (Wildman–Crippen LogP) is 1.65. The summed E-state index contributed by atoms with van der Waals surface area (Å²) in [6.45, 7) is 3.80. The number of aliphatic hydroxyl groups is 1. The molecular formula is C24H27FN6O5. The van der Waals surface area contributed by atoms with Gasteiger partial charge in [-0.2, -0.15) is 0 Å². The number of anilines is 1. The van der Waals surface area contributed by atoms with Crippen molar-refractivity contribution in [1.29, 1.82) is 0 Å². The molecule has 11 nitrogen and oxygen atoms in total. The van der Waals surface area contributed by atoms with Crippen molar-refractivity contribution in [3.63, 3.8) is 0 Å². The van der Waals surface area contributed by atoms with Crippen LogP contribution in [0.1, 0.15) is 54.3 Å². The maximum atomic E-state index is 15.0. The van der Waals surface area contributed by atoms with Crippen LogP contribution in [-0.2, 0) is 22.2 Å². The molecule has 4 heterocycles. The van der Waals surface area contributed by atoms with Crippen LogP contribution in [0.25, 0.3) is 11.0 Å². The fraction of sp³-hybridized carbons (Fsp3) is 0.417. The first-order chi connectivity index (χ1) is 17.1. The van der Waals surface area contributed by atoms with E-state index < -0.39 is 34.7 Å². The normalized spacial score (nSPS) is 16.0. The Balaban J connectivity index is 1.74. The molecule has 1 fully saturated rings. The Morgan fingerprint density at radius 1 is 1.25 bits per heavy atom. The maximum Gasteiger partial charge on any atom is 0.359 e. The zero-order chi connectivity index (χ0) is 26.2. The summed E-state index contributed by atoms with van der Waals surface area (Å²) in [5.41, 5.74) is -1.60. The SMILES string of the molecule is COC(=O)c1nccc([C@@H](C)Nc2ncnc3c2cc(C2(O)CCN(C(C)=O)CC2)c(=O)n3C)c1F. The van der Waals surface area contributed by atoms with Crippen LogP contribution < -0.4 is 10.9 Å². The minimum atomic E-state index is -1.43. The number of amides is 1. The van der Waals surface area contributed by atoms with E-state index in [-0.39, 0.29) is 29.9 Å². The van der Waals surface area contributed by atoms with Gasteiger partial charge >= 0.3 is 5.97 Å². The molecule has 1 aliphatic rings. The number of nitrogens with zero attached hydrogens (tertiary/aromatic N) is 5. The lowest BCUT2D eigenvalue weighted by Crippen LogP contribution is -2.47. The number of rotatable bonds is 5. The first-order valence-corrected chi connectivity index (χ1v) is 11.4. The molecule has 0 spiro atoms. The van der Waals surface area contributed by atoms with Crippen LogP contribution in [0.2, 0.25) is 0 Å². The topological polar surface area (TPSA) is 140 Å². The van der Waals surface area contributed by atoms with E-state index in [1.165, 1.54) is 30.1 Å². The standard InChI is InChI=1S/C24H27FN6O5/c1-13(15-5-8-26-19(18(15)25)23(34)36-4)29-20-16-11-17(22(33)30(3)21(16)28-12-27-20)24(35)6-9-31(10-7-24)14(2)32/h5,8,11-13,35H,6-7,9-10H2,1-4H3,(H,27,28,29)/t13-/m1/s1. The Labute approximate surface area is 205 Å². The molecular weight excluding hydrogens is 471 g/mol. The number of hydrogen-bond acceptors (Lipinski definition) is 9. The number of methoxy groups -OCH3 is 1. The van der Waals surface area contributed by atoms with Gasteiger partial charge in [-0.3, -0.25) is 14.2 Å². The molecule has 190 valence electrons. The molecule has 0 aromatic carbocycles. The second kappa shape index (κ2) is 9.61. The highest BCUT2D eigenvalue weighted by atomic mass is 19.1. The minimum Gasteiger partial charge on any atom is -0.464 e. The first kappa shape index (κ1) is 25.2. The summed E-state index contributed by atoms with van der Waals surface area (Å²) in [5.74, 6) is -1.49. The van der Waals surface area contributed by atoms with Gasteiger partial charge in [-0.25, -0.2) is 24.1 Å². The lowest BCUT2D eigenvalue weighted by atomic mass is 9.84. The third kappa shape index (κ3) is 4.39. The van der Waals surface area contributed by atoms with E-state index in [0.29, 0.717) is 29.9 Å². The Bertz CT molecular complexity index is 1400. The molecule has 1 aliphatic heterocycles. The minimum absolute atomic E-state index is 0.0870. The van der Waals surface area contributed by atoms with Gasteiger partial charge in [-0.1, -0.05) is 0 Å². The predicted molar refractivity (Wildman–Crippen MR) is 128 cm³/mol. The Hall–Kier alpha value is -3.93. The highest BCUT2D eigenvalue weighted by Crippen LogP contribution is 2.34. The summed E-state index contributed by atoms with van der Waals surface area (Å²) in [5, 5.41) is 15.0. The van der Waals surface area contributed by atoms with Crippen LogP contribution >= 0.6 is 0 Å². The number of fused-ring (bicyclic) bond motifs is 1. The van der Waals surface area contributed by atoms with E-state index in [9.17, 15) is 23.9 Å². The van der Waals surface area contributed by atoms with Crippen LogP contribution in [0, 0.1) is 5.82 Å². The number of pyridine rings is 2. The smallest absolute Gasteiger partial charge is 0.359 e. The summed E-state index contributed by atoms with van der Waals surface area (Å²) in [4.78, 5) is 50.6. The monoisotopic (exact) mass is 498 g/mol. The summed E-state index contributed by atoms with van der Waals surface area (Å²) in [6, 6.07) is 2.34. The second-order valence-electron chi connectivity index (χ2n) is 8.84. The van der Waals surface area contributed by atoms with E-state index in [1.54, 1.807) is 24.9 Å². The van der Waals surface area contributed by atoms with E-state index in [4.69, 9.17) is 0 Å². The lowest BCUT2D eigenvalue weighted by molar-refractivity contribution is -0.133. The van der Waals surface area contributed by atoms with Crippen molar-refractivity contribution in [2.75, 3.05) is 25.5 Å². The van der Waals surface area contributed by atoms with Gasteiger partial charge in [-0.15, -0.1) is 0 Å². The molecule has 0 aliphatic carbocycles. The molecule has 0 unspecified atom stereocenters. The van der Waals surface area contributed by atoms with Gasteiger partial charge in [0.15, 0.2) is 11.5 Å². The molecule has 3 aromatic heterocycles. The molecule has 1 saturated heterocycles. The third-order valence-electron chi connectivity index (χ3n) is 6.66. The number of halogens is 1. The number of likely N-dealkylation sites (tertiary alicyclic amines) is 1. The lowest BCUT2D eigenvalue weighted by Gasteiger charge is -2.37. The number of ether oxygens (including phenoxy) is 1. The van der Waals surface area contributed by atoms with E-state index >= 15 is 0 Å². The number of aryl methyl sites for hydroxylation is 1.